The van der Waals surface area contributed by atoms with E-state index in [1.54, 1.807) is 0 Å². The molecule has 0 amide bonds. The quantitative estimate of drug-likeness (QED) is 0.864. The molecule has 1 unspecified atom stereocenters. The van der Waals surface area contributed by atoms with Crippen LogP contribution in [0.15, 0.2) is 18.2 Å². The summed E-state index contributed by atoms with van der Waals surface area (Å²) in [4.78, 5) is 2.16. The maximum absolute atomic E-state index is 11.9. The first-order valence-corrected chi connectivity index (χ1v) is 7.90. The molecule has 1 aromatic carbocycles. The molecule has 0 aliphatic carbocycles. The monoisotopic (exact) mass is 268 g/mol. The van der Waals surface area contributed by atoms with Gasteiger partial charge >= 0.3 is 0 Å². The summed E-state index contributed by atoms with van der Waals surface area (Å²) < 4.78 is 23.7. The van der Waals surface area contributed by atoms with Gasteiger partial charge in [0.2, 0.25) is 0 Å². The second kappa shape index (κ2) is 4.90. The smallest absolute Gasteiger partial charge is 0.157 e. The van der Waals surface area contributed by atoms with E-state index < -0.39 is 15.1 Å². The Balaban J connectivity index is 2.32. The number of hydrogen-bond acceptors (Lipinski definition) is 4. The lowest BCUT2D eigenvalue weighted by atomic mass is 10.1. The molecule has 1 fully saturated rings. The number of benzene rings is 1. The fourth-order valence-corrected chi connectivity index (χ4v) is 4.09. The Hall–Kier alpha value is -1.07. The van der Waals surface area contributed by atoms with E-state index in [0.717, 1.165) is 5.69 Å². The van der Waals surface area contributed by atoms with E-state index in [2.05, 4.69) is 30.9 Å². The molecule has 5 heteroatoms. The number of nitrogens with two attached hydrogens (primary N) is 1. The zero-order valence-corrected chi connectivity index (χ0v) is 11.7. The van der Waals surface area contributed by atoms with E-state index in [1.165, 1.54) is 11.1 Å². The summed E-state index contributed by atoms with van der Waals surface area (Å²) in [5.41, 5.74) is 9.12. The molecule has 1 aromatic rings. The van der Waals surface area contributed by atoms with Crippen molar-refractivity contribution in [1.82, 2.24) is 0 Å². The summed E-state index contributed by atoms with van der Waals surface area (Å²) in [6.45, 7) is 5.38. The summed E-state index contributed by atoms with van der Waals surface area (Å²) in [6.07, 6.45) is 0. The maximum Gasteiger partial charge on any atom is 0.157 e. The molecule has 4 nitrogen and oxygen atoms in total. The minimum absolute atomic E-state index is 0.197. The molecule has 1 aliphatic heterocycles. The van der Waals surface area contributed by atoms with Crippen LogP contribution in [0, 0.1) is 13.8 Å². The van der Waals surface area contributed by atoms with Crippen molar-refractivity contribution in [1.29, 1.82) is 0 Å². The number of sulfone groups is 1. The topological polar surface area (TPSA) is 63.4 Å². The second-order valence-electron chi connectivity index (χ2n) is 4.91. The highest BCUT2D eigenvalue weighted by atomic mass is 32.2. The molecule has 100 valence electrons. The molecule has 0 spiro atoms. The van der Waals surface area contributed by atoms with Crippen LogP contribution in [0.25, 0.3) is 0 Å². The number of rotatable bonds is 2. The average Bonchev–Trinajstić information content (AvgIpc) is 2.30. The van der Waals surface area contributed by atoms with Crippen LogP contribution < -0.4 is 10.6 Å². The van der Waals surface area contributed by atoms with Crippen molar-refractivity contribution in [3.05, 3.63) is 29.3 Å². The minimum Gasteiger partial charge on any atom is -0.369 e. The van der Waals surface area contributed by atoms with Gasteiger partial charge in [-0.05, 0) is 25.0 Å². The lowest BCUT2D eigenvalue weighted by Gasteiger charge is -2.35. The van der Waals surface area contributed by atoms with E-state index in [4.69, 9.17) is 5.73 Å². The molecular weight excluding hydrogens is 248 g/mol. The van der Waals surface area contributed by atoms with Gasteiger partial charge in [0.1, 0.15) is 0 Å². The zero-order chi connectivity index (χ0) is 13.3. The van der Waals surface area contributed by atoms with Crippen LogP contribution in [-0.4, -0.2) is 39.1 Å². The number of para-hydroxylation sites is 1. The molecule has 0 radical (unpaired) electrons. The van der Waals surface area contributed by atoms with Crippen molar-refractivity contribution >= 4 is 15.5 Å². The fraction of sp³-hybridized carbons (Fsp3) is 0.538. The third kappa shape index (κ3) is 2.37. The van der Waals surface area contributed by atoms with Gasteiger partial charge in [0.25, 0.3) is 0 Å². The Morgan fingerprint density at radius 3 is 2.50 bits per heavy atom. The van der Waals surface area contributed by atoms with Crippen molar-refractivity contribution in [2.75, 3.05) is 30.3 Å². The Morgan fingerprint density at radius 1 is 1.33 bits per heavy atom. The van der Waals surface area contributed by atoms with E-state index in [9.17, 15) is 8.42 Å². The Bertz CT molecular complexity index is 520. The zero-order valence-electron chi connectivity index (χ0n) is 10.9. The maximum atomic E-state index is 11.9. The molecule has 0 bridgehead atoms. The van der Waals surface area contributed by atoms with Crippen LogP contribution >= 0.6 is 0 Å². The molecule has 2 rings (SSSR count). The number of anilines is 1. The second-order valence-corrected chi connectivity index (χ2v) is 7.31. The van der Waals surface area contributed by atoms with Crippen molar-refractivity contribution < 1.29 is 8.42 Å². The fourth-order valence-electron chi connectivity index (χ4n) is 2.58. The van der Waals surface area contributed by atoms with Gasteiger partial charge in [0.15, 0.2) is 9.84 Å². The van der Waals surface area contributed by atoms with Crippen molar-refractivity contribution in [3.63, 3.8) is 0 Å². The Kier molecular flexibility index (Phi) is 3.64. The molecule has 1 aliphatic rings. The summed E-state index contributed by atoms with van der Waals surface area (Å²) >= 11 is 0. The van der Waals surface area contributed by atoms with E-state index in [0.29, 0.717) is 13.1 Å². The lowest BCUT2D eigenvalue weighted by molar-refractivity contribution is 0.563. The van der Waals surface area contributed by atoms with Gasteiger partial charge in [0, 0.05) is 25.3 Å². The SMILES string of the molecule is Cc1cccc(C)c1N1CCS(=O)(=O)C(CN)C1. The summed E-state index contributed by atoms with van der Waals surface area (Å²) in [5, 5.41) is -0.440. The third-order valence-corrected chi connectivity index (χ3v) is 5.71. The van der Waals surface area contributed by atoms with Crippen molar-refractivity contribution in [2.24, 2.45) is 5.73 Å². The number of hydrogen-bond donors (Lipinski definition) is 1. The molecule has 0 saturated carbocycles. The third-order valence-electron chi connectivity index (χ3n) is 3.60. The highest BCUT2D eigenvalue weighted by Crippen LogP contribution is 2.27. The number of aryl methyl sites for hydroxylation is 2. The van der Waals surface area contributed by atoms with Crippen LogP contribution in [0.2, 0.25) is 0 Å². The van der Waals surface area contributed by atoms with Gasteiger partial charge in [-0.25, -0.2) is 8.42 Å². The van der Waals surface area contributed by atoms with Gasteiger partial charge in [-0.3, -0.25) is 0 Å². The van der Waals surface area contributed by atoms with Crippen molar-refractivity contribution in [3.8, 4) is 0 Å². The molecule has 1 atom stereocenters. The van der Waals surface area contributed by atoms with Crippen LogP contribution in [-0.2, 0) is 9.84 Å². The summed E-state index contributed by atoms with van der Waals surface area (Å²) in [5.74, 6) is 0.197. The first-order chi connectivity index (χ1) is 8.45. The van der Waals surface area contributed by atoms with Gasteiger partial charge in [-0.2, -0.15) is 0 Å². The highest BCUT2D eigenvalue weighted by Gasteiger charge is 2.32. The van der Waals surface area contributed by atoms with Crippen LogP contribution in [0.5, 0.6) is 0 Å². The van der Waals surface area contributed by atoms with Crippen LogP contribution in [0.3, 0.4) is 0 Å². The summed E-state index contributed by atoms with van der Waals surface area (Å²) in [6, 6.07) is 6.14. The Labute approximate surface area is 109 Å². The highest BCUT2D eigenvalue weighted by molar-refractivity contribution is 7.92. The Morgan fingerprint density at radius 2 is 1.94 bits per heavy atom. The first-order valence-electron chi connectivity index (χ1n) is 6.18. The van der Waals surface area contributed by atoms with E-state index >= 15 is 0 Å². The van der Waals surface area contributed by atoms with E-state index in [-0.39, 0.29) is 12.3 Å². The van der Waals surface area contributed by atoms with Crippen LogP contribution in [0.4, 0.5) is 5.69 Å². The molecule has 0 aromatic heterocycles. The normalized spacial score (nSPS) is 23.1. The molecular formula is C13H20N2O2S. The predicted molar refractivity (Wildman–Crippen MR) is 74.8 cm³/mol. The first kappa shape index (κ1) is 13.4. The van der Waals surface area contributed by atoms with Crippen molar-refractivity contribution in [2.45, 2.75) is 19.1 Å². The minimum atomic E-state index is -3.01. The molecule has 1 heterocycles. The summed E-state index contributed by atoms with van der Waals surface area (Å²) in [7, 11) is -3.01. The molecule has 1 saturated heterocycles. The average molecular weight is 268 g/mol. The standard InChI is InChI=1S/C13H20N2O2S/c1-10-4-3-5-11(2)13(10)15-6-7-18(16,17)12(8-14)9-15/h3-5,12H,6-9,14H2,1-2H3. The van der Waals surface area contributed by atoms with Crippen LogP contribution in [0.1, 0.15) is 11.1 Å². The lowest BCUT2D eigenvalue weighted by Crippen LogP contribution is -2.50. The van der Waals surface area contributed by atoms with Gasteiger partial charge in [-0.15, -0.1) is 0 Å². The molecule has 18 heavy (non-hydrogen) atoms. The molecule has 2 N–H and O–H groups in total. The largest absolute Gasteiger partial charge is 0.369 e. The van der Waals surface area contributed by atoms with Gasteiger partial charge in [0.05, 0.1) is 11.0 Å². The number of nitrogens with zero attached hydrogens (tertiary/aromatic N) is 1. The van der Waals surface area contributed by atoms with Gasteiger partial charge < -0.3 is 10.6 Å². The van der Waals surface area contributed by atoms with E-state index in [1.807, 2.05) is 6.07 Å². The predicted octanol–water partition coefficient (Wildman–Crippen LogP) is 0.866. The van der Waals surface area contributed by atoms with Gasteiger partial charge in [-0.1, -0.05) is 18.2 Å².